The standard InChI is InChI=1S/C19H16N2O3S/c1-12-6-8-13(9-7-12)10-16-17(22)21(2)19(25-16)20-15-5-3-4-14(11-15)18(23)24/h3-11H,1-2H3,(H,23,24)/p-1/b16-10-,20-19?. The molecule has 5 nitrogen and oxygen atoms in total. The minimum atomic E-state index is -1.26. The topological polar surface area (TPSA) is 72.8 Å². The number of hydrogen-bond donors (Lipinski definition) is 0. The van der Waals surface area contributed by atoms with Gasteiger partial charge in [0.05, 0.1) is 16.6 Å². The first-order valence-electron chi connectivity index (χ1n) is 7.58. The molecule has 1 aliphatic rings. The second kappa shape index (κ2) is 6.94. The van der Waals surface area contributed by atoms with Gasteiger partial charge >= 0.3 is 0 Å². The summed E-state index contributed by atoms with van der Waals surface area (Å²) in [5.41, 5.74) is 2.60. The third-order valence-corrected chi connectivity index (χ3v) is 4.75. The van der Waals surface area contributed by atoms with Crippen LogP contribution < -0.4 is 5.11 Å². The lowest BCUT2D eigenvalue weighted by molar-refractivity contribution is -0.255. The molecule has 1 heterocycles. The van der Waals surface area contributed by atoms with Gasteiger partial charge in [0.1, 0.15) is 0 Å². The first-order valence-corrected chi connectivity index (χ1v) is 8.40. The predicted molar refractivity (Wildman–Crippen MR) is 97.4 cm³/mol. The van der Waals surface area contributed by atoms with E-state index in [0.717, 1.165) is 11.1 Å². The summed E-state index contributed by atoms with van der Waals surface area (Å²) in [5, 5.41) is 11.4. The molecular formula is C19H15N2O3S-. The normalized spacial score (nSPS) is 17.5. The molecule has 0 N–H and O–H groups in total. The molecule has 0 bridgehead atoms. The van der Waals surface area contributed by atoms with Crippen LogP contribution in [0.15, 0.2) is 58.4 Å². The molecule has 1 amide bonds. The van der Waals surface area contributed by atoms with Crippen molar-refractivity contribution in [3.8, 4) is 0 Å². The summed E-state index contributed by atoms with van der Waals surface area (Å²) >= 11 is 1.26. The molecule has 2 aromatic rings. The highest BCUT2D eigenvalue weighted by atomic mass is 32.2. The van der Waals surface area contributed by atoms with Gasteiger partial charge in [0.25, 0.3) is 5.91 Å². The molecule has 0 aliphatic carbocycles. The number of aryl methyl sites for hydroxylation is 1. The van der Waals surface area contributed by atoms with E-state index >= 15 is 0 Å². The van der Waals surface area contributed by atoms with E-state index in [1.165, 1.54) is 28.8 Å². The molecule has 0 aromatic heterocycles. The van der Waals surface area contributed by atoms with Gasteiger partial charge in [0, 0.05) is 7.05 Å². The Balaban J connectivity index is 1.89. The Hall–Kier alpha value is -2.86. The number of aromatic carboxylic acids is 1. The number of amidine groups is 1. The number of carboxylic acid groups (broad SMARTS) is 1. The number of amides is 1. The molecule has 0 saturated carbocycles. The molecule has 0 unspecified atom stereocenters. The number of thioether (sulfide) groups is 1. The summed E-state index contributed by atoms with van der Waals surface area (Å²) in [6.07, 6.45) is 1.82. The zero-order valence-electron chi connectivity index (χ0n) is 13.7. The van der Waals surface area contributed by atoms with E-state index in [9.17, 15) is 14.7 Å². The van der Waals surface area contributed by atoms with Crippen LogP contribution in [0.2, 0.25) is 0 Å². The van der Waals surface area contributed by atoms with Crippen LogP contribution in [-0.4, -0.2) is 29.0 Å². The highest BCUT2D eigenvalue weighted by Crippen LogP contribution is 2.33. The maximum absolute atomic E-state index is 12.4. The van der Waals surface area contributed by atoms with Crippen LogP contribution in [0.3, 0.4) is 0 Å². The molecule has 25 heavy (non-hydrogen) atoms. The number of aliphatic imine (C=N–C) groups is 1. The van der Waals surface area contributed by atoms with Crippen molar-refractivity contribution in [2.45, 2.75) is 6.92 Å². The number of nitrogens with zero attached hydrogens (tertiary/aromatic N) is 2. The highest BCUT2D eigenvalue weighted by Gasteiger charge is 2.30. The molecule has 1 fully saturated rings. The van der Waals surface area contributed by atoms with Crippen molar-refractivity contribution < 1.29 is 14.7 Å². The number of carbonyl (C=O) groups excluding carboxylic acids is 2. The average molecular weight is 351 g/mol. The van der Waals surface area contributed by atoms with Gasteiger partial charge in [-0.1, -0.05) is 42.0 Å². The number of likely N-dealkylation sites (N-methyl/N-ethyl adjacent to an activating group) is 1. The molecule has 2 aromatic carbocycles. The zero-order valence-corrected chi connectivity index (χ0v) is 14.5. The Kier molecular flexibility index (Phi) is 4.72. The molecule has 0 radical (unpaired) electrons. The van der Waals surface area contributed by atoms with E-state index in [0.29, 0.717) is 15.8 Å². The Morgan fingerprint density at radius 1 is 1.20 bits per heavy atom. The molecule has 3 rings (SSSR count). The zero-order chi connectivity index (χ0) is 18.0. The van der Waals surface area contributed by atoms with Crippen LogP contribution in [0.1, 0.15) is 21.5 Å². The van der Waals surface area contributed by atoms with Crippen LogP contribution in [-0.2, 0) is 4.79 Å². The molecule has 6 heteroatoms. The van der Waals surface area contributed by atoms with Crippen LogP contribution in [0, 0.1) is 6.92 Å². The molecule has 1 saturated heterocycles. The fourth-order valence-electron chi connectivity index (χ4n) is 2.28. The van der Waals surface area contributed by atoms with Gasteiger partial charge in [0.15, 0.2) is 5.17 Å². The van der Waals surface area contributed by atoms with Gasteiger partial charge in [-0.2, -0.15) is 0 Å². The first-order chi connectivity index (χ1) is 11.9. The van der Waals surface area contributed by atoms with Crippen molar-refractivity contribution in [3.63, 3.8) is 0 Å². The SMILES string of the molecule is Cc1ccc(/C=C2\SC(=Nc3cccc(C(=O)[O-])c3)N(C)C2=O)cc1. The fourth-order valence-corrected chi connectivity index (χ4v) is 3.27. The van der Waals surface area contributed by atoms with Crippen LogP contribution in [0.4, 0.5) is 5.69 Å². The van der Waals surface area contributed by atoms with E-state index in [2.05, 4.69) is 4.99 Å². The van der Waals surface area contributed by atoms with Crippen molar-refractivity contribution in [3.05, 3.63) is 70.1 Å². The predicted octanol–water partition coefficient (Wildman–Crippen LogP) is 2.59. The molecular weight excluding hydrogens is 336 g/mol. The minimum Gasteiger partial charge on any atom is -0.545 e. The lowest BCUT2D eigenvalue weighted by Crippen LogP contribution is -2.23. The summed E-state index contributed by atoms with van der Waals surface area (Å²) in [5.74, 6) is -1.40. The number of hydrogen-bond acceptors (Lipinski definition) is 5. The monoisotopic (exact) mass is 351 g/mol. The maximum Gasteiger partial charge on any atom is 0.266 e. The second-order valence-electron chi connectivity index (χ2n) is 5.62. The Labute approximate surface area is 149 Å². The summed E-state index contributed by atoms with van der Waals surface area (Å²) in [7, 11) is 1.65. The van der Waals surface area contributed by atoms with Gasteiger partial charge in [-0.05, 0) is 48.0 Å². The Morgan fingerprint density at radius 2 is 1.92 bits per heavy atom. The molecule has 1 aliphatic heterocycles. The van der Waals surface area contributed by atoms with Gasteiger partial charge in [-0.15, -0.1) is 0 Å². The maximum atomic E-state index is 12.4. The van der Waals surface area contributed by atoms with Crippen LogP contribution in [0.25, 0.3) is 6.08 Å². The van der Waals surface area contributed by atoms with Crippen molar-refractivity contribution in [2.24, 2.45) is 4.99 Å². The highest BCUT2D eigenvalue weighted by molar-refractivity contribution is 8.18. The fraction of sp³-hybridized carbons (Fsp3) is 0.105. The van der Waals surface area contributed by atoms with E-state index in [1.807, 2.05) is 37.3 Å². The van der Waals surface area contributed by atoms with Gasteiger partial charge in [-0.25, -0.2) is 4.99 Å². The Bertz CT molecular complexity index is 901. The smallest absolute Gasteiger partial charge is 0.266 e. The van der Waals surface area contributed by atoms with E-state index in [-0.39, 0.29) is 11.5 Å². The van der Waals surface area contributed by atoms with E-state index < -0.39 is 5.97 Å². The molecule has 126 valence electrons. The third kappa shape index (κ3) is 3.80. The van der Waals surface area contributed by atoms with Crippen LogP contribution >= 0.6 is 11.8 Å². The van der Waals surface area contributed by atoms with Gasteiger partial charge in [-0.3, -0.25) is 9.69 Å². The third-order valence-electron chi connectivity index (χ3n) is 3.69. The van der Waals surface area contributed by atoms with Gasteiger partial charge < -0.3 is 9.90 Å². The summed E-state index contributed by atoms with van der Waals surface area (Å²) in [6, 6.07) is 14.0. The van der Waals surface area contributed by atoms with E-state index in [1.54, 1.807) is 19.2 Å². The number of carboxylic acids is 1. The summed E-state index contributed by atoms with van der Waals surface area (Å²) in [4.78, 5) is 29.8. The lowest BCUT2D eigenvalue weighted by atomic mass is 10.1. The summed E-state index contributed by atoms with van der Waals surface area (Å²) in [6.45, 7) is 2.01. The minimum absolute atomic E-state index is 0.0502. The van der Waals surface area contributed by atoms with E-state index in [4.69, 9.17) is 0 Å². The largest absolute Gasteiger partial charge is 0.545 e. The van der Waals surface area contributed by atoms with Crippen molar-refractivity contribution in [1.82, 2.24) is 4.90 Å². The Morgan fingerprint density at radius 3 is 2.60 bits per heavy atom. The van der Waals surface area contributed by atoms with Crippen molar-refractivity contribution in [1.29, 1.82) is 0 Å². The summed E-state index contributed by atoms with van der Waals surface area (Å²) < 4.78 is 0. The van der Waals surface area contributed by atoms with Gasteiger partial charge in [0.2, 0.25) is 0 Å². The number of benzene rings is 2. The van der Waals surface area contributed by atoms with Crippen molar-refractivity contribution >= 4 is 40.6 Å². The first kappa shape index (κ1) is 17.0. The van der Waals surface area contributed by atoms with Crippen LogP contribution in [0.5, 0.6) is 0 Å². The lowest BCUT2D eigenvalue weighted by Gasteiger charge is -2.08. The number of rotatable bonds is 3. The molecule has 0 spiro atoms. The van der Waals surface area contributed by atoms with Crippen molar-refractivity contribution in [2.75, 3.05) is 7.05 Å². The second-order valence-corrected chi connectivity index (χ2v) is 6.63. The average Bonchev–Trinajstić information content (AvgIpc) is 2.85. The quantitative estimate of drug-likeness (QED) is 0.797. The molecule has 0 atom stereocenters. The number of carbonyl (C=O) groups is 2.